The SMILES string of the molecule is CCS.COc1ccccc1NC(=O)CCSc1nc(C)cc(C)n1. The van der Waals surface area contributed by atoms with E-state index in [9.17, 15) is 4.79 Å². The molecule has 136 valence electrons. The highest BCUT2D eigenvalue weighted by atomic mass is 32.2. The van der Waals surface area contributed by atoms with Crippen LogP contribution >= 0.6 is 24.4 Å². The lowest BCUT2D eigenvalue weighted by atomic mass is 10.3. The molecule has 0 saturated heterocycles. The van der Waals surface area contributed by atoms with Crippen LogP contribution in [0.1, 0.15) is 24.7 Å². The molecule has 0 aliphatic carbocycles. The lowest BCUT2D eigenvalue weighted by Crippen LogP contribution is -2.13. The predicted octanol–water partition coefficient (Wildman–Crippen LogP) is 4.16. The van der Waals surface area contributed by atoms with E-state index in [1.54, 1.807) is 7.11 Å². The quantitative estimate of drug-likeness (QED) is 0.448. The van der Waals surface area contributed by atoms with Gasteiger partial charge in [0.15, 0.2) is 5.16 Å². The van der Waals surface area contributed by atoms with Crippen molar-refractivity contribution in [3.8, 4) is 5.75 Å². The zero-order valence-electron chi connectivity index (χ0n) is 15.1. The minimum atomic E-state index is -0.0543. The third kappa shape index (κ3) is 8.27. The third-order valence-electron chi connectivity index (χ3n) is 2.90. The number of para-hydroxylation sites is 2. The Labute approximate surface area is 159 Å². The number of rotatable bonds is 6. The number of thiol groups is 1. The summed E-state index contributed by atoms with van der Waals surface area (Å²) in [6, 6.07) is 9.28. The molecule has 1 amide bonds. The topological polar surface area (TPSA) is 64.1 Å². The first-order valence-corrected chi connectivity index (χ1v) is 9.60. The molecule has 0 aliphatic heterocycles. The van der Waals surface area contributed by atoms with E-state index >= 15 is 0 Å². The van der Waals surface area contributed by atoms with Gasteiger partial charge >= 0.3 is 0 Å². The van der Waals surface area contributed by atoms with Crippen molar-refractivity contribution in [1.29, 1.82) is 0 Å². The Morgan fingerprint density at radius 1 is 1.24 bits per heavy atom. The summed E-state index contributed by atoms with van der Waals surface area (Å²) in [5.41, 5.74) is 2.56. The van der Waals surface area contributed by atoms with Crippen LogP contribution < -0.4 is 10.1 Å². The number of amides is 1. The van der Waals surface area contributed by atoms with E-state index in [0.717, 1.165) is 17.1 Å². The molecule has 7 heteroatoms. The second-order valence-electron chi connectivity index (χ2n) is 5.10. The predicted molar refractivity (Wildman–Crippen MR) is 108 cm³/mol. The highest BCUT2D eigenvalue weighted by Crippen LogP contribution is 2.23. The van der Waals surface area contributed by atoms with Crippen LogP contribution in [0.2, 0.25) is 0 Å². The van der Waals surface area contributed by atoms with Gasteiger partial charge in [-0.1, -0.05) is 30.8 Å². The Balaban J connectivity index is 0.000000970. The molecule has 2 aromatic rings. The molecular weight excluding hydrogens is 354 g/mol. The van der Waals surface area contributed by atoms with Crippen molar-refractivity contribution in [2.75, 3.05) is 23.9 Å². The molecule has 0 bridgehead atoms. The lowest BCUT2D eigenvalue weighted by molar-refractivity contribution is -0.115. The van der Waals surface area contributed by atoms with E-state index in [4.69, 9.17) is 4.74 Å². The number of carbonyl (C=O) groups is 1. The molecule has 0 saturated carbocycles. The van der Waals surface area contributed by atoms with Crippen LogP contribution in [0.5, 0.6) is 5.75 Å². The summed E-state index contributed by atoms with van der Waals surface area (Å²) in [6.45, 7) is 5.86. The number of nitrogens with one attached hydrogen (secondary N) is 1. The zero-order chi connectivity index (χ0) is 18.7. The van der Waals surface area contributed by atoms with Gasteiger partial charge in [-0.05, 0) is 37.8 Å². The molecule has 1 heterocycles. The first-order valence-electron chi connectivity index (χ1n) is 7.99. The van der Waals surface area contributed by atoms with Crippen LogP contribution in [0.25, 0.3) is 0 Å². The lowest BCUT2D eigenvalue weighted by Gasteiger charge is -2.09. The summed E-state index contributed by atoms with van der Waals surface area (Å²) in [5, 5.41) is 3.56. The van der Waals surface area contributed by atoms with Crippen LogP contribution in [-0.4, -0.2) is 34.5 Å². The summed E-state index contributed by atoms with van der Waals surface area (Å²) in [5.74, 6) is 2.17. The van der Waals surface area contributed by atoms with Crippen molar-refractivity contribution < 1.29 is 9.53 Å². The summed E-state index contributed by atoms with van der Waals surface area (Å²) < 4.78 is 5.21. The number of aryl methyl sites for hydroxylation is 2. The highest BCUT2D eigenvalue weighted by molar-refractivity contribution is 7.99. The van der Waals surface area contributed by atoms with Gasteiger partial charge in [-0.2, -0.15) is 12.6 Å². The van der Waals surface area contributed by atoms with Crippen LogP contribution in [0.3, 0.4) is 0 Å². The van der Waals surface area contributed by atoms with Crippen LogP contribution in [-0.2, 0) is 4.79 Å². The van der Waals surface area contributed by atoms with Gasteiger partial charge in [-0.25, -0.2) is 9.97 Å². The fourth-order valence-corrected chi connectivity index (χ4v) is 2.84. The van der Waals surface area contributed by atoms with Gasteiger partial charge < -0.3 is 10.1 Å². The molecule has 0 unspecified atom stereocenters. The molecule has 0 aliphatic rings. The highest BCUT2D eigenvalue weighted by Gasteiger charge is 2.08. The Hall–Kier alpha value is -1.73. The van der Waals surface area contributed by atoms with Crippen molar-refractivity contribution in [3.63, 3.8) is 0 Å². The first-order chi connectivity index (χ1) is 12.0. The number of hydrogen-bond acceptors (Lipinski definition) is 6. The van der Waals surface area contributed by atoms with Gasteiger partial charge in [-0.3, -0.25) is 4.79 Å². The maximum Gasteiger partial charge on any atom is 0.225 e. The molecular formula is C18H25N3O2S2. The Bertz CT molecular complexity index is 661. The fraction of sp³-hybridized carbons (Fsp3) is 0.389. The summed E-state index contributed by atoms with van der Waals surface area (Å²) >= 11 is 5.27. The van der Waals surface area contributed by atoms with Gasteiger partial charge in [0.25, 0.3) is 0 Å². The van der Waals surface area contributed by atoms with E-state index in [0.29, 0.717) is 28.8 Å². The maximum atomic E-state index is 12.0. The minimum absolute atomic E-state index is 0.0543. The standard InChI is InChI=1S/C16H19N3O2S.C2H6S/c1-11-10-12(2)18-16(17-11)22-9-8-15(20)19-13-6-4-5-7-14(13)21-3;1-2-3/h4-7,10H,8-9H2,1-3H3,(H,19,20);3H,2H2,1H3. The fourth-order valence-electron chi connectivity index (χ4n) is 1.95. The molecule has 5 nitrogen and oxygen atoms in total. The van der Waals surface area contributed by atoms with Crippen LogP contribution in [0, 0.1) is 13.8 Å². The molecule has 2 rings (SSSR count). The summed E-state index contributed by atoms with van der Waals surface area (Å²) in [4.78, 5) is 20.7. The number of aromatic nitrogens is 2. The van der Waals surface area contributed by atoms with E-state index < -0.39 is 0 Å². The zero-order valence-corrected chi connectivity index (χ0v) is 16.8. The van der Waals surface area contributed by atoms with Gasteiger partial charge in [-0.15, -0.1) is 0 Å². The van der Waals surface area contributed by atoms with E-state index in [1.807, 2.05) is 51.1 Å². The average Bonchev–Trinajstić information content (AvgIpc) is 2.55. The number of benzene rings is 1. The number of anilines is 1. The first kappa shape index (κ1) is 21.3. The maximum absolute atomic E-state index is 12.0. The smallest absolute Gasteiger partial charge is 0.225 e. The molecule has 1 aromatic heterocycles. The monoisotopic (exact) mass is 379 g/mol. The Morgan fingerprint density at radius 3 is 2.44 bits per heavy atom. The molecule has 1 N–H and O–H groups in total. The molecule has 0 spiro atoms. The van der Waals surface area contributed by atoms with Crippen molar-refractivity contribution in [3.05, 3.63) is 41.7 Å². The van der Waals surface area contributed by atoms with Gasteiger partial charge in [0.05, 0.1) is 12.8 Å². The van der Waals surface area contributed by atoms with E-state index in [-0.39, 0.29) is 5.91 Å². The summed E-state index contributed by atoms with van der Waals surface area (Å²) in [6.07, 6.45) is 0.388. The van der Waals surface area contributed by atoms with Gasteiger partial charge in [0, 0.05) is 23.6 Å². The Kier molecular flexibility index (Phi) is 10.0. The van der Waals surface area contributed by atoms with Crippen molar-refractivity contribution in [1.82, 2.24) is 9.97 Å². The second-order valence-corrected chi connectivity index (χ2v) is 6.79. The number of thioether (sulfide) groups is 1. The van der Waals surface area contributed by atoms with Crippen LogP contribution in [0.15, 0.2) is 35.5 Å². The van der Waals surface area contributed by atoms with Crippen molar-refractivity contribution in [2.45, 2.75) is 32.3 Å². The minimum Gasteiger partial charge on any atom is -0.495 e. The van der Waals surface area contributed by atoms with Gasteiger partial charge in [0.1, 0.15) is 5.75 Å². The number of ether oxygens (including phenoxy) is 1. The largest absolute Gasteiger partial charge is 0.495 e. The van der Waals surface area contributed by atoms with Crippen LogP contribution in [0.4, 0.5) is 5.69 Å². The molecule has 0 fully saturated rings. The number of nitrogens with zero attached hydrogens (tertiary/aromatic N) is 2. The van der Waals surface area contributed by atoms with E-state index in [1.165, 1.54) is 11.8 Å². The van der Waals surface area contributed by atoms with E-state index in [2.05, 4.69) is 27.9 Å². The second kappa shape index (κ2) is 11.8. The third-order valence-corrected chi connectivity index (χ3v) is 3.75. The van der Waals surface area contributed by atoms with Crippen molar-refractivity contribution >= 4 is 36.0 Å². The molecule has 1 aromatic carbocycles. The molecule has 25 heavy (non-hydrogen) atoms. The number of methoxy groups -OCH3 is 1. The Morgan fingerprint density at radius 2 is 1.84 bits per heavy atom. The number of hydrogen-bond donors (Lipinski definition) is 2. The molecule has 0 atom stereocenters. The van der Waals surface area contributed by atoms with Gasteiger partial charge in [0.2, 0.25) is 5.91 Å². The average molecular weight is 380 g/mol. The normalized spacial score (nSPS) is 9.80. The summed E-state index contributed by atoms with van der Waals surface area (Å²) in [7, 11) is 1.58. The number of carbonyl (C=O) groups excluding carboxylic acids is 1. The van der Waals surface area contributed by atoms with Crippen molar-refractivity contribution in [2.24, 2.45) is 0 Å². The molecule has 0 radical (unpaired) electrons.